The Labute approximate surface area is 204 Å². The second-order valence-electron chi connectivity index (χ2n) is 9.36. The smallest absolute Gasteiger partial charge is 0.407 e. The summed E-state index contributed by atoms with van der Waals surface area (Å²) < 4.78 is 5.34. The van der Waals surface area contributed by atoms with Gasteiger partial charge in [0.15, 0.2) is 11.4 Å². The van der Waals surface area contributed by atoms with Crippen LogP contribution in [-0.4, -0.2) is 45.9 Å². The molecule has 0 saturated carbocycles. The van der Waals surface area contributed by atoms with Crippen LogP contribution < -0.4 is 15.5 Å². The SMILES string of the molecule is Cc1sc(NC(O)c2ccc(N3CCC(NC(=O)OC(C)(C)C)C3)nc2)nc1-c1ccccc1. The number of benzene rings is 1. The number of anilines is 2. The lowest BCUT2D eigenvalue weighted by molar-refractivity contribution is 0.0509. The van der Waals surface area contributed by atoms with E-state index in [1.807, 2.05) is 70.2 Å². The minimum Gasteiger partial charge on any atom is -0.444 e. The zero-order chi connectivity index (χ0) is 24.3. The Morgan fingerprint density at radius 3 is 2.68 bits per heavy atom. The molecule has 3 heterocycles. The number of carbonyl (C=O) groups is 1. The van der Waals surface area contributed by atoms with E-state index < -0.39 is 17.9 Å². The van der Waals surface area contributed by atoms with Gasteiger partial charge in [0.2, 0.25) is 0 Å². The molecule has 4 rings (SSSR count). The van der Waals surface area contributed by atoms with Crippen LogP contribution in [0.15, 0.2) is 48.7 Å². The summed E-state index contributed by atoms with van der Waals surface area (Å²) in [5.41, 5.74) is 2.10. The number of amides is 1. The number of hydrogen-bond acceptors (Lipinski definition) is 8. The molecule has 34 heavy (non-hydrogen) atoms. The van der Waals surface area contributed by atoms with E-state index >= 15 is 0 Å². The minimum absolute atomic E-state index is 0.00976. The van der Waals surface area contributed by atoms with E-state index in [0.717, 1.165) is 34.9 Å². The van der Waals surface area contributed by atoms with Crippen molar-refractivity contribution in [2.45, 2.75) is 52.0 Å². The first kappa shape index (κ1) is 24.0. The van der Waals surface area contributed by atoms with Gasteiger partial charge in [-0.25, -0.2) is 14.8 Å². The van der Waals surface area contributed by atoms with E-state index in [0.29, 0.717) is 17.2 Å². The molecule has 0 aliphatic carbocycles. The summed E-state index contributed by atoms with van der Waals surface area (Å²) in [5, 5.41) is 17.3. The second-order valence-corrected chi connectivity index (χ2v) is 10.6. The molecule has 9 heteroatoms. The number of pyridine rings is 1. The molecule has 2 unspecified atom stereocenters. The molecule has 2 atom stereocenters. The highest BCUT2D eigenvalue weighted by Crippen LogP contribution is 2.32. The van der Waals surface area contributed by atoms with E-state index in [1.165, 1.54) is 11.3 Å². The molecule has 1 saturated heterocycles. The largest absolute Gasteiger partial charge is 0.444 e. The number of aryl methyl sites for hydroxylation is 1. The molecule has 1 aliphatic rings. The highest BCUT2D eigenvalue weighted by atomic mass is 32.1. The molecule has 180 valence electrons. The van der Waals surface area contributed by atoms with Gasteiger partial charge in [0, 0.05) is 35.3 Å². The molecule has 3 N–H and O–H groups in total. The van der Waals surface area contributed by atoms with Gasteiger partial charge in [-0.2, -0.15) is 0 Å². The van der Waals surface area contributed by atoms with Crippen molar-refractivity contribution in [1.29, 1.82) is 0 Å². The Balaban J connectivity index is 1.34. The minimum atomic E-state index is -0.920. The third-order valence-corrected chi connectivity index (χ3v) is 6.33. The number of aliphatic hydroxyl groups excluding tert-OH is 1. The molecule has 0 radical (unpaired) electrons. The van der Waals surface area contributed by atoms with Crippen LogP contribution >= 0.6 is 11.3 Å². The van der Waals surface area contributed by atoms with Gasteiger partial charge >= 0.3 is 6.09 Å². The van der Waals surface area contributed by atoms with Crippen LogP contribution in [-0.2, 0) is 4.74 Å². The first-order valence-electron chi connectivity index (χ1n) is 11.4. The number of thiazole rings is 1. The van der Waals surface area contributed by atoms with Crippen molar-refractivity contribution in [2.24, 2.45) is 0 Å². The van der Waals surface area contributed by atoms with Crippen LogP contribution in [0.5, 0.6) is 0 Å². The van der Waals surface area contributed by atoms with Crippen molar-refractivity contribution in [3.8, 4) is 11.3 Å². The normalized spacial score (nSPS) is 16.9. The summed E-state index contributed by atoms with van der Waals surface area (Å²) in [4.78, 5) is 24.4. The fourth-order valence-electron chi connectivity index (χ4n) is 3.83. The zero-order valence-electron chi connectivity index (χ0n) is 19.9. The number of aliphatic hydroxyl groups is 1. The standard InChI is InChI=1S/C25H31N5O3S/c1-16-21(17-8-6-5-7-9-17)28-23(34-16)29-22(31)18-10-11-20(26-14-18)30-13-12-19(15-30)27-24(32)33-25(2,3)4/h5-11,14,19,22,31H,12-13,15H2,1-4H3,(H,27,32)(H,28,29). The summed E-state index contributed by atoms with van der Waals surface area (Å²) >= 11 is 1.51. The zero-order valence-corrected chi connectivity index (χ0v) is 20.7. The quantitative estimate of drug-likeness (QED) is 0.438. The number of rotatable bonds is 6. The average Bonchev–Trinajstić information content (AvgIpc) is 3.39. The maximum absolute atomic E-state index is 12.0. The predicted molar refractivity (Wildman–Crippen MR) is 135 cm³/mol. The highest BCUT2D eigenvalue weighted by Gasteiger charge is 2.27. The van der Waals surface area contributed by atoms with Crippen molar-refractivity contribution in [2.75, 3.05) is 23.3 Å². The van der Waals surface area contributed by atoms with Gasteiger partial charge in [0.05, 0.1) is 11.7 Å². The third-order valence-electron chi connectivity index (χ3n) is 5.42. The summed E-state index contributed by atoms with van der Waals surface area (Å²) in [7, 11) is 0. The lowest BCUT2D eigenvalue weighted by Crippen LogP contribution is -2.40. The Morgan fingerprint density at radius 2 is 2.00 bits per heavy atom. The maximum atomic E-state index is 12.0. The molecule has 0 bridgehead atoms. The van der Waals surface area contributed by atoms with Crippen LogP contribution in [0.2, 0.25) is 0 Å². The number of aromatic nitrogens is 2. The van der Waals surface area contributed by atoms with Crippen LogP contribution in [0.1, 0.15) is 43.9 Å². The molecule has 2 aromatic heterocycles. The number of ether oxygens (including phenoxy) is 1. The van der Waals surface area contributed by atoms with Gasteiger partial charge in [-0.15, -0.1) is 11.3 Å². The fraction of sp³-hybridized carbons (Fsp3) is 0.400. The molecular formula is C25H31N5O3S. The van der Waals surface area contributed by atoms with Gasteiger partial charge in [-0.05, 0) is 46.2 Å². The lowest BCUT2D eigenvalue weighted by atomic mass is 10.1. The Morgan fingerprint density at radius 1 is 1.24 bits per heavy atom. The second kappa shape index (κ2) is 9.99. The third kappa shape index (κ3) is 6.03. The first-order valence-corrected chi connectivity index (χ1v) is 12.2. The number of nitrogens with zero attached hydrogens (tertiary/aromatic N) is 3. The van der Waals surface area contributed by atoms with E-state index in [4.69, 9.17) is 4.74 Å². The van der Waals surface area contributed by atoms with E-state index in [9.17, 15) is 9.90 Å². The molecule has 8 nitrogen and oxygen atoms in total. The first-order chi connectivity index (χ1) is 16.2. The number of hydrogen-bond donors (Lipinski definition) is 3. The monoisotopic (exact) mass is 481 g/mol. The molecule has 1 aromatic carbocycles. The average molecular weight is 482 g/mol. The topological polar surface area (TPSA) is 99.6 Å². The van der Waals surface area contributed by atoms with Crippen LogP contribution in [0, 0.1) is 6.92 Å². The Hall–Kier alpha value is -3.17. The predicted octanol–water partition coefficient (Wildman–Crippen LogP) is 4.72. The molecule has 0 spiro atoms. The summed E-state index contributed by atoms with van der Waals surface area (Å²) in [6, 6.07) is 13.7. The van der Waals surface area contributed by atoms with E-state index in [-0.39, 0.29) is 6.04 Å². The van der Waals surface area contributed by atoms with Crippen molar-refractivity contribution in [3.63, 3.8) is 0 Å². The lowest BCUT2D eigenvalue weighted by Gasteiger charge is -2.22. The number of carbonyl (C=O) groups excluding carboxylic acids is 1. The van der Waals surface area contributed by atoms with Gasteiger partial charge < -0.3 is 25.4 Å². The van der Waals surface area contributed by atoms with Gasteiger partial charge in [-0.1, -0.05) is 30.3 Å². The number of alkyl carbamates (subject to hydrolysis) is 1. The molecule has 3 aromatic rings. The van der Waals surface area contributed by atoms with E-state index in [1.54, 1.807) is 6.20 Å². The molecule has 1 aliphatic heterocycles. The fourth-order valence-corrected chi connectivity index (χ4v) is 4.69. The summed E-state index contributed by atoms with van der Waals surface area (Å²) in [5.74, 6) is 0.806. The van der Waals surface area contributed by atoms with Crippen molar-refractivity contribution >= 4 is 28.4 Å². The number of nitrogens with one attached hydrogen (secondary N) is 2. The van der Waals surface area contributed by atoms with Gasteiger partial charge in [0.1, 0.15) is 11.4 Å². The van der Waals surface area contributed by atoms with Crippen LogP contribution in [0.3, 0.4) is 0 Å². The van der Waals surface area contributed by atoms with Crippen molar-refractivity contribution in [1.82, 2.24) is 15.3 Å². The van der Waals surface area contributed by atoms with Gasteiger partial charge in [-0.3, -0.25) is 0 Å². The van der Waals surface area contributed by atoms with Crippen molar-refractivity contribution < 1.29 is 14.6 Å². The molecular weight excluding hydrogens is 450 g/mol. The van der Waals surface area contributed by atoms with Gasteiger partial charge in [0.25, 0.3) is 0 Å². The maximum Gasteiger partial charge on any atom is 0.407 e. The summed E-state index contributed by atoms with van der Waals surface area (Å²) in [6.07, 6.45) is 1.17. The Kier molecular flexibility index (Phi) is 7.04. The van der Waals surface area contributed by atoms with Crippen LogP contribution in [0.25, 0.3) is 11.3 Å². The molecule has 1 amide bonds. The summed E-state index contributed by atoms with van der Waals surface area (Å²) in [6.45, 7) is 9.01. The van der Waals surface area contributed by atoms with Crippen molar-refractivity contribution in [3.05, 3.63) is 59.1 Å². The highest BCUT2D eigenvalue weighted by molar-refractivity contribution is 7.16. The molecule has 1 fully saturated rings. The Bertz CT molecular complexity index is 1110. The van der Waals surface area contributed by atoms with Crippen LogP contribution in [0.4, 0.5) is 15.7 Å². The van der Waals surface area contributed by atoms with E-state index in [2.05, 4.69) is 25.5 Å².